The topological polar surface area (TPSA) is 144 Å². The molecule has 2 amide bonds. The molecule has 1 saturated carbocycles. The minimum Gasteiger partial charge on any atom is -0.475 e. The van der Waals surface area contributed by atoms with Gasteiger partial charge in [-0.3, -0.25) is 14.5 Å². The second-order valence-corrected chi connectivity index (χ2v) is 11.9. The van der Waals surface area contributed by atoms with Crippen LogP contribution < -0.4 is 5.73 Å². The van der Waals surface area contributed by atoms with Gasteiger partial charge in [-0.1, -0.05) is 25.0 Å². The molecule has 2 bridgehead atoms. The first kappa shape index (κ1) is 32.8. The fraction of sp³-hybridized carbons (Fsp3) is 0.690. The monoisotopic (exact) mass is 585 g/mol. The Morgan fingerprint density at radius 2 is 1.59 bits per heavy atom. The van der Waals surface area contributed by atoms with Crippen molar-refractivity contribution >= 4 is 17.8 Å². The number of primary amides is 1. The van der Waals surface area contributed by atoms with Crippen molar-refractivity contribution in [2.75, 3.05) is 32.8 Å². The summed E-state index contributed by atoms with van der Waals surface area (Å²) in [5, 5.41) is 26.8. The SMILES string of the molecule is CC(CO)(CO)C(=O)N(CCN1C2CCC1CC(c1cccc(C(N)=O)c1)C2)CC1CCCC1.O=C(O)C(F)(F)F. The van der Waals surface area contributed by atoms with Crippen molar-refractivity contribution in [3.8, 4) is 0 Å². The Labute approximate surface area is 238 Å². The number of benzene rings is 1. The van der Waals surface area contributed by atoms with Crippen LogP contribution in [-0.2, 0) is 9.59 Å². The van der Waals surface area contributed by atoms with Crippen molar-refractivity contribution in [1.82, 2.24) is 9.80 Å². The smallest absolute Gasteiger partial charge is 0.475 e. The molecule has 5 N–H and O–H groups in total. The Bertz CT molecular complexity index is 1040. The van der Waals surface area contributed by atoms with Crippen LogP contribution in [0.1, 0.15) is 80.1 Å². The highest BCUT2D eigenvalue weighted by Gasteiger charge is 2.42. The number of nitrogens with zero attached hydrogens (tertiary/aromatic N) is 2. The molecule has 2 heterocycles. The lowest BCUT2D eigenvalue weighted by Gasteiger charge is -2.41. The number of halogens is 3. The summed E-state index contributed by atoms with van der Waals surface area (Å²) in [6.07, 6.45) is 4.10. The van der Waals surface area contributed by atoms with Crippen LogP contribution in [0.15, 0.2) is 24.3 Å². The lowest BCUT2D eigenvalue weighted by atomic mass is 9.84. The molecule has 4 rings (SSSR count). The molecule has 1 aromatic carbocycles. The molecule has 1 aliphatic carbocycles. The summed E-state index contributed by atoms with van der Waals surface area (Å²) < 4.78 is 31.7. The Balaban J connectivity index is 0.000000587. The van der Waals surface area contributed by atoms with E-state index in [1.807, 2.05) is 17.0 Å². The van der Waals surface area contributed by atoms with Crippen molar-refractivity contribution in [2.24, 2.45) is 17.1 Å². The predicted molar refractivity (Wildman–Crippen MR) is 145 cm³/mol. The number of aliphatic carboxylic acids is 1. The van der Waals surface area contributed by atoms with Crippen LogP contribution in [-0.4, -0.2) is 94.0 Å². The van der Waals surface area contributed by atoms with Crippen molar-refractivity contribution in [2.45, 2.75) is 82.5 Å². The van der Waals surface area contributed by atoms with E-state index in [1.165, 1.54) is 18.4 Å². The fourth-order valence-electron chi connectivity index (χ4n) is 6.44. The zero-order valence-electron chi connectivity index (χ0n) is 23.5. The highest BCUT2D eigenvalue weighted by molar-refractivity contribution is 5.92. The number of alkyl halides is 3. The van der Waals surface area contributed by atoms with Crippen molar-refractivity contribution in [3.63, 3.8) is 0 Å². The first-order valence-corrected chi connectivity index (χ1v) is 14.3. The lowest BCUT2D eigenvalue weighted by Crippen LogP contribution is -2.52. The number of fused-ring (bicyclic) bond motifs is 2. The van der Waals surface area contributed by atoms with E-state index in [4.69, 9.17) is 15.6 Å². The van der Waals surface area contributed by atoms with Crippen LogP contribution in [0.3, 0.4) is 0 Å². The van der Waals surface area contributed by atoms with Gasteiger partial charge in [-0.2, -0.15) is 13.2 Å². The molecule has 2 saturated heterocycles. The number of aliphatic hydroxyl groups is 2. The maximum Gasteiger partial charge on any atom is 0.490 e. The van der Waals surface area contributed by atoms with Gasteiger partial charge in [0.25, 0.3) is 0 Å². The number of carboxylic acid groups (broad SMARTS) is 1. The minimum absolute atomic E-state index is 0.130. The quantitative estimate of drug-likeness (QED) is 0.330. The average Bonchev–Trinajstić information content (AvgIpc) is 3.54. The number of hydrogen-bond acceptors (Lipinski definition) is 6. The second-order valence-electron chi connectivity index (χ2n) is 11.9. The molecule has 0 spiro atoms. The Kier molecular flexibility index (Phi) is 11.2. The van der Waals surface area contributed by atoms with Crippen LogP contribution in [0.25, 0.3) is 0 Å². The molecule has 2 atom stereocenters. The van der Waals surface area contributed by atoms with Gasteiger partial charge in [0, 0.05) is 37.3 Å². The normalized spacial score (nSPS) is 23.1. The van der Waals surface area contributed by atoms with E-state index in [2.05, 4.69) is 11.0 Å². The van der Waals surface area contributed by atoms with Gasteiger partial charge in [0.2, 0.25) is 11.8 Å². The maximum absolute atomic E-state index is 13.3. The second kappa shape index (κ2) is 14.0. The first-order chi connectivity index (χ1) is 19.3. The largest absolute Gasteiger partial charge is 0.490 e. The number of carboxylic acids is 1. The van der Waals surface area contributed by atoms with E-state index in [1.54, 1.807) is 13.0 Å². The third kappa shape index (κ3) is 8.42. The Morgan fingerprint density at radius 3 is 2.07 bits per heavy atom. The number of piperidine rings is 1. The molecule has 3 fully saturated rings. The molecule has 2 unspecified atom stereocenters. The van der Waals surface area contributed by atoms with Gasteiger partial charge in [0.1, 0.15) is 0 Å². The molecule has 1 aromatic rings. The zero-order valence-corrected chi connectivity index (χ0v) is 23.5. The van der Waals surface area contributed by atoms with Gasteiger partial charge in [-0.15, -0.1) is 0 Å². The summed E-state index contributed by atoms with van der Waals surface area (Å²) in [5.41, 5.74) is 6.14. The number of nitrogens with two attached hydrogens (primary N) is 1. The van der Waals surface area contributed by atoms with Crippen LogP contribution in [0.2, 0.25) is 0 Å². The molecule has 3 aliphatic rings. The Hall–Kier alpha value is -2.70. The number of rotatable bonds is 10. The van der Waals surface area contributed by atoms with Crippen LogP contribution in [0.5, 0.6) is 0 Å². The third-order valence-electron chi connectivity index (χ3n) is 8.85. The van der Waals surface area contributed by atoms with Gasteiger partial charge in [-0.25, -0.2) is 4.79 Å². The van der Waals surface area contributed by atoms with Crippen LogP contribution >= 0.6 is 0 Å². The van der Waals surface area contributed by atoms with E-state index in [9.17, 15) is 33.0 Å². The number of amides is 2. The molecule has 0 aromatic heterocycles. The molecule has 9 nitrogen and oxygen atoms in total. The number of hydrogen-bond donors (Lipinski definition) is 4. The molecule has 0 radical (unpaired) electrons. The van der Waals surface area contributed by atoms with E-state index in [0.717, 1.165) is 51.6 Å². The molecule has 12 heteroatoms. The molecule has 41 heavy (non-hydrogen) atoms. The van der Waals surface area contributed by atoms with E-state index >= 15 is 0 Å². The lowest BCUT2D eigenvalue weighted by molar-refractivity contribution is -0.192. The highest BCUT2D eigenvalue weighted by atomic mass is 19.4. The molecule has 230 valence electrons. The van der Waals surface area contributed by atoms with Gasteiger partial charge >= 0.3 is 12.1 Å². The predicted octanol–water partition coefficient (Wildman–Crippen LogP) is 3.14. The number of aliphatic hydroxyl groups excluding tert-OH is 2. The van der Waals surface area contributed by atoms with E-state index in [-0.39, 0.29) is 25.0 Å². The first-order valence-electron chi connectivity index (χ1n) is 14.3. The Morgan fingerprint density at radius 1 is 1.02 bits per heavy atom. The third-order valence-corrected chi connectivity index (χ3v) is 8.85. The zero-order chi connectivity index (χ0) is 30.4. The summed E-state index contributed by atoms with van der Waals surface area (Å²) in [7, 11) is 0. The molecule has 2 aliphatic heterocycles. The van der Waals surface area contributed by atoms with E-state index < -0.39 is 17.6 Å². The summed E-state index contributed by atoms with van der Waals surface area (Å²) >= 11 is 0. The summed E-state index contributed by atoms with van der Waals surface area (Å²) in [5.74, 6) is -2.32. The van der Waals surface area contributed by atoms with Crippen molar-refractivity contribution in [3.05, 3.63) is 35.4 Å². The summed E-state index contributed by atoms with van der Waals surface area (Å²) in [4.78, 5) is 38.4. The fourth-order valence-corrected chi connectivity index (χ4v) is 6.44. The van der Waals surface area contributed by atoms with Crippen molar-refractivity contribution < 1.29 is 42.9 Å². The van der Waals surface area contributed by atoms with Crippen LogP contribution in [0.4, 0.5) is 13.2 Å². The minimum atomic E-state index is -5.08. The van der Waals surface area contributed by atoms with Gasteiger partial charge in [0.15, 0.2) is 0 Å². The summed E-state index contributed by atoms with van der Waals surface area (Å²) in [6.45, 7) is 3.16. The standard InChI is InChI=1S/C27H41N3O4.C2HF3O2/c1-27(17-31,18-32)26(34)29(16-19-5-2-3-6-19)11-12-30-23-9-10-24(30)15-22(14-23)20-7-4-8-21(13-20)25(28)33;3-2(4,5)1(6)7/h4,7-8,13,19,22-24,31-32H,2-3,5-6,9-12,14-18H2,1H3,(H2,28,33);(H,6,7). The van der Waals surface area contributed by atoms with Crippen molar-refractivity contribution in [1.29, 1.82) is 0 Å². The highest BCUT2D eigenvalue weighted by Crippen LogP contribution is 2.43. The van der Waals surface area contributed by atoms with Gasteiger partial charge in [-0.05, 0) is 75.0 Å². The molecular formula is C29H42F3N3O6. The number of carbonyl (C=O) groups is 3. The average molecular weight is 586 g/mol. The maximum atomic E-state index is 13.3. The van der Waals surface area contributed by atoms with Gasteiger partial charge < -0.3 is 26.0 Å². The molecular weight excluding hydrogens is 543 g/mol. The van der Waals surface area contributed by atoms with Gasteiger partial charge in [0.05, 0.1) is 18.6 Å². The summed E-state index contributed by atoms with van der Waals surface area (Å²) in [6, 6.07) is 8.72. The van der Waals surface area contributed by atoms with E-state index in [0.29, 0.717) is 36.0 Å². The number of carbonyl (C=O) groups excluding carboxylic acids is 2. The van der Waals surface area contributed by atoms with Crippen LogP contribution in [0, 0.1) is 11.3 Å².